The topological polar surface area (TPSA) is 38.8 Å². The molecule has 0 spiro atoms. The van der Waals surface area contributed by atoms with E-state index in [2.05, 4.69) is 4.90 Å². The van der Waals surface area contributed by atoms with Crippen molar-refractivity contribution in [3.05, 3.63) is 35.1 Å². The second-order valence-electron chi connectivity index (χ2n) is 5.12. The van der Waals surface area contributed by atoms with Crippen LogP contribution in [0.5, 0.6) is 0 Å². The van der Waals surface area contributed by atoms with Gasteiger partial charge in [-0.1, -0.05) is 6.07 Å². The van der Waals surface area contributed by atoms with Gasteiger partial charge in [0, 0.05) is 19.7 Å². The van der Waals surface area contributed by atoms with E-state index in [4.69, 9.17) is 9.47 Å². The third kappa shape index (κ3) is 3.77. The number of hydrogen-bond donors (Lipinski definition) is 0. The molecule has 0 bridgehead atoms. The molecule has 0 radical (unpaired) electrons. The first-order valence-electron chi connectivity index (χ1n) is 6.77. The average Bonchev–Trinajstić information content (AvgIpc) is 2.92. The summed E-state index contributed by atoms with van der Waals surface area (Å²) in [6, 6.07) is 4.22. The molecule has 0 amide bonds. The highest BCUT2D eigenvalue weighted by Gasteiger charge is 2.19. The lowest BCUT2D eigenvalue weighted by Crippen LogP contribution is -2.29. The molecular formula is C15H20FNO3. The standard InChI is InChI=1S/C15H20FNO3/c1-17(10-13-4-3-7-20-13)9-11-5-6-12(16)8-14(11)15(18)19-2/h5-6,8,13H,3-4,7,9-10H2,1-2H3/t13-/m0/s1. The Morgan fingerprint density at radius 1 is 1.55 bits per heavy atom. The maximum atomic E-state index is 13.3. The molecule has 1 aromatic carbocycles. The van der Waals surface area contributed by atoms with Crippen LogP contribution in [0, 0.1) is 5.82 Å². The lowest BCUT2D eigenvalue weighted by Gasteiger charge is -2.21. The summed E-state index contributed by atoms with van der Waals surface area (Å²) in [4.78, 5) is 13.8. The summed E-state index contributed by atoms with van der Waals surface area (Å²) in [5.41, 5.74) is 1.05. The molecule has 1 aliphatic rings. The maximum absolute atomic E-state index is 13.3. The van der Waals surface area contributed by atoms with Crippen LogP contribution in [-0.2, 0) is 16.0 Å². The first kappa shape index (κ1) is 14.9. The molecule has 4 nitrogen and oxygen atoms in total. The number of methoxy groups -OCH3 is 1. The molecule has 0 N–H and O–H groups in total. The number of nitrogens with zero attached hydrogens (tertiary/aromatic N) is 1. The fourth-order valence-electron chi connectivity index (χ4n) is 2.48. The SMILES string of the molecule is COC(=O)c1cc(F)ccc1CN(C)C[C@@H]1CCCO1. The predicted molar refractivity (Wildman–Crippen MR) is 73.0 cm³/mol. The lowest BCUT2D eigenvalue weighted by atomic mass is 10.1. The zero-order chi connectivity index (χ0) is 14.5. The van der Waals surface area contributed by atoms with E-state index in [0.29, 0.717) is 6.54 Å². The van der Waals surface area contributed by atoms with Crippen LogP contribution in [0.4, 0.5) is 4.39 Å². The van der Waals surface area contributed by atoms with Crippen LogP contribution in [0.1, 0.15) is 28.8 Å². The second kappa shape index (κ2) is 6.81. The average molecular weight is 281 g/mol. The highest BCUT2D eigenvalue weighted by atomic mass is 19.1. The minimum atomic E-state index is -0.509. The monoisotopic (exact) mass is 281 g/mol. The van der Waals surface area contributed by atoms with Crippen LogP contribution in [0.15, 0.2) is 18.2 Å². The van der Waals surface area contributed by atoms with Crippen molar-refractivity contribution in [3.63, 3.8) is 0 Å². The molecule has 1 saturated heterocycles. The van der Waals surface area contributed by atoms with Gasteiger partial charge in [0.1, 0.15) is 5.82 Å². The van der Waals surface area contributed by atoms with Crippen LogP contribution >= 0.6 is 0 Å². The molecule has 1 heterocycles. The molecule has 5 heteroatoms. The molecule has 1 fully saturated rings. The number of carbonyl (C=O) groups is 1. The normalized spacial score (nSPS) is 18.5. The first-order valence-corrected chi connectivity index (χ1v) is 6.77. The van der Waals surface area contributed by atoms with Gasteiger partial charge >= 0.3 is 5.97 Å². The highest BCUT2D eigenvalue weighted by Crippen LogP contribution is 2.17. The van der Waals surface area contributed by atoms with Crippen LogP contribution in [0.25, 0.3) is 0 Å². The van der Waals surface area contributed by atoms with Crippen molar-refractivity contribution >= 4 is 5.97 Å². The van der Waals surface area contributed by atoms with Crippen molar-refractivity contribution in [1.29, 1.82) is 0 Å². The van der Waals surface area contributed by atoms with Crippen molar-refractivity contribution in [2.75, 3.05) is 27.3 Å². The van der Waals surface area contributed by atoms with E-state index < -0.39 is 11.8 Å². The number of ether oxygens (including phenoxy) is 2. The molecule has 1 aliphatic heterocycles. The molecule has 1 aromatic rings. The summed E-state index contributed by atoms with van der Waals surface area (Å²) < 4.78 is 23.6. The zero-order valence-corrected chi connectivity index (χ0v) is 11.9. The van der Waals surface area contributed by atoms with Gasteiger partial charge in [-0.25, -0.2) is 9.18 Å². The van der Waals surface area contributed by atoms with Gasteiger partial charge in [-0.05, 0) is 37.6 Å². The molecule has 0 aromatic heterocycles. The van der Waals surface area contributed by atoms with Gasteiger partial charge in [-0.3, -0.25) is 4.90 Å². The number of hydrogen-bond acceptors (Lipinski definition) is 4. The van der Waals surface area contributed by atoms with E-state index in [1.807, 2.05) is 7.05 Å². The van der Waals surface area contributed by atoms with E-state index in [1.165, 1.54) is 19.2 Å². The Bertz CT molecular complexity index is 472. The van der Waals surface area contributed by atoms with E-state index in [9.17, 15) is 9.18 Å². The molecule has 0 unspecified atom stereocenters. The summed E-state index contributed by atoms with van der Waals surface area (Å²) in [6.07, 6.45) is 2.42. The zero-order valence-electron chi connectivity index (χ0n) is 11.9. The van der Waals surface area contributed by atoms with E-state index >= 15 is 0 Å². The summed E-state index contributed by atoms with van der Waals surface area (Å²) >= 11 is 0. The summed E-state index contributed by atoms with van der Waals surface area (Å²) in [5.74, 6) is -0.944. The third-order valence-corrected chi connectivity index (χ3v) is 3.46. The third-order valence-electron chi connectivity index (χ3n) is 3.46. The van der Waals surface area contributed by atoms with Gasteiger partial charge in [0.25, 0.3) is 0 Å². The summed E-state index contributed by atoms with van der Waals surface area (Å²) in [5, 5.41) is 0. The quantitative estimate of drug-likeness (QED) is 0.776. The van der Waals surface area contributed by atoms with Gasteiger partial charge in [0.15, 0.2) is 0 Å². The molecular weight excluding hydrogens is 261 g/mol. The Morgan fingerprint density at radius 3 is 3.00 bits per heavy atom. The minimum absolute atomic E-state index is 0.252. The number of esters is 1. The van der Waals surface area contributed by atoms with E-state index in [-0.39, 0.29) is 11.7 Å². The maximum Gasteiger partial charge on any atom is 0.338 e. The van der Waals surface area contributed by atoms with Crippen LogP contribution in [-0.4, -0.2) is 44.3 Å². The van der Waals surface area contributed by atoms with Crippen molar-refractivity contribution in [1.82, 2.24) is 4.90 Å². The van der Waals surface area contributed by atoms with E-state index in [1.54, 1.807) is 6.07 Å². The Morgan fingerprint density at radius 2 is 2.35 bits per heavy atom. The molecule has 2 rings (SSSR count). The Balaban J connectivity index is 2.05. The molecule has 1 atom stereocenters. The number of halogens is 1. The summed E-state index contributed by atoms with van der Waals surface area (Å²) in [7, 11) is 3.26. The molecule has 0 aliphatic carbocycles. The Hall–Kier alpha value is -1.46. The van der Waals surface area contributed by atoms with Crippen molar-refractivity contribution in [2.45, 2.75) is 25.5 Å². The van der Waals surface area contributed by atoms with Gasteiger partial charge < -0.3 is 9.47 Å². The number of benzene rings is 1. The lowest BCUT2D eigenvalue weighted by molar-refractivity contribution is 0.0596. The van der Waals surface area contributed by atoms with Crippen LogP contribution in [0.3, 0.4) is 0 Å². The fourth-order valence-corrected chi connectivity index (χ4v) is 2.48. The van der Waals surface area contributed by atoms with Crippen LogP contribution < -0.4 is 0 Å². The predicted octanol–water partition coefficient (Wildman–Crippen LogP) is 2.22. The second-order valence-corrected chi connectivity index (χ2v) is 5.12. The van der Waals surface area contributed by atoms with Gasteiger partial charge in [0.05, 0.1) is 18.8 Å². The number of rotatable bonds is 5. The number of likely N-dealkylation sites (N-methyl/N-ethyl adjacent to an activating group) is 1. The molecule has 20 heavy (non-hydrogen) atoms. The summed E-state index contributed by atoms with van der Waals surface area (Å²) in [6.45, 7) is 2.19. The molecule has 0 saturated carbocycles. The van der Waals surface area contributed by atoms with Gasteiger partial charge in [0.2, 0.25) is 0 Å². The Kier molecular flexibility index (Phi) is 5.09. The first-order chi connectivity index (χ1) is 9.60. The Labute approximate surface area is 118 Å². The highest BCUT2D eigenvalue weighted by molar-refractivity contribution is 5.91. The largest absolute Gasteiger partial charge is 0.465 e. The molecule has 110 valence electrons. The number of carbonyl (C=O) groups excluding carboxylic acids is 1. The van der Waals surface area contributed by atoms with E-state index in [0.717, 1.165) is 31.6 Å². The van der Waals surface area contributed by atoms with Crippen molar-refractivity contribution in [2.24, 2.45) is 0 Å². The smallest absolute Gasteiger partial charge is 0.338 e. The van der Waals surface area contributed by atoms with Gasteiger partial charge in [-0.15, -0.1) is 0 Å². The van der Waals surface area contributed by atoms with Crippen molar-refractivity contribution in [3.8, 4) is 0 Å². The fraction of sp³-hybridized carbons (Fsp3) is 0.533. The van der Waals surface area contributed by atoms with Gasteiger partial charge in [-0.2, -0.15) is 0 Å². The van der Waals surface area contributed by atoms with Crippen molar-refractivity contribution < 1.29 is 18.7 Å². The van der Waals surface area contributed by atoms with Crippen LogP contribution in [0.2, 0.25) is 0 Å². The minimum Gasteiger partial charge on any atom is -0.465 e.